The highest BCUT2D eigenvalue weighted by Crippen LogP contribution is 2.45. The normalized spacial score (nSPS) is 27.4. The first kappa shape index (κ1) is 70.7. The van der Waals surface area contributed by atoms with Crippen LogP contribution < -0.4 is 0 Å². The van der Waals surface area contributed by atoms with E-state index in [0.717, 1.165) is 32.7 Å². The van der Waals surface area contributed by atoms with Crippen LogP contribution in [0.1, 0.15) is 107 Å². The van der Waals surface area contributed by atoms with Crippen LogP contribution in [0.4, 0.5) is 0 Å². The average Bonchev–Trinajstić information content (AvgIpc) is 1.70. The molecule has 0 spiro atoms. The molecule has 20 nitrogen and oxygen atoms in total. The predicted octanol–water partition coefficient (Wildman–Crippen LogP) is 11.4. The van der Waals surface area contributed by atoms with Gasteiger partial charge in [-0.2, -0.15) is 0 Å². The third-order valence-electron chi connectivity index (χ3n) is 17.8. The van der Waals surface area contributed by atoms with Gasteiger partial charge < -0.3 is 71.2 Å². The van der Waals surface area contributed by atoms with Gasteiger partial charge in [-0.3, -0.25) is 24.1 Å². The molecule has 518 valence electrons. The van der Waals surface area contributed by atoms with Crippen LogP contribution in [0.15, 0.2) is 205 Å². The van der Waals surface area contributed by atoms with Crippen molar-refractivity contribution in [2.75, 3.05) is 13.2 Å². The minimum atomic E-state index is -1.78. The van der Waals surface area contributed by atoms with E-state index in [1.165, 1.54) is 25.6 Å². The molecule has 12 rings (SSSR count). The summed E-state index contributed by atoms with van der Waals surface area (Å²) in [6.07, 6.45) is -19.2. The van der Waals surface area contributed by atoms with Crippen molar-refractivity contribution >= 4 is 47.1 Å². The first-order valence-electron chi connectivity index (χ1n) is 33.5. The number of rotatable bonds is 29. The second-order valence-electron chi connectivity index (χ2n) is 25.2. The van der Waals surface area contributed by atoms with Gasteiger partial charge in [0.15, 0.2) is 31.1 Å². The lowest BCUT2D eigenvalue weighted by Gasteiger charge is -2.53. The average molecular weight is 1370 g/mol. The van der Waals surface area contributed by atoms with E-state index in [1.54, 1.807) is 36.4 Å². The van der Waals surface area contributed by atoms with E-state index in [1.807, 2.05) is 178 Å². The van der Waals surface area contributed by atoms with Crippen molar-refractivity contribution in [3.8, 4) is 0 Å². The number of ether oxygens (including phenoxy) is 13. The standard InChI is InChI=1S/C78H81NO19S/c1-48-34-38-57(39-35-48)99-78-64(79-73(84)58-32-20-21-33-59(58)74(79)85)68(98-76-71(89-45-55-28-16-8-17-29-55)69(88-44-54-26-14-7-15-27-54)65(51(4)91-76)87-43-53-24-12-6-13-25-53)66(60(93-78)46-86-42-52-22-10-5-11-23-52)97-77-72(95-63(83)41-37-50(3)81)70(94-62(82)40-36-49(2)80)67-61(92-77)47-90-75(96-67)56-30-18-9-19-31-56/h5-35,38-39,51,60-61,64-72,75-78H,36-37,40-47H2,1-4H3/t51-,60+,61+,64+,65+,66+,67-,68+,69+,70-,71-,72+,75-,76-,77-,78-/m0/s1. The zero-order chi connectivity index (χ0) is 68.8. The highest BCUT2D eigenvalue weighted by molar-refractivity contribution is 7.99. The number of fused-ring (bicyclic) bond motifs is 2. The number of hydrogen-bond donors (Lipinski definition) is 0. The first-order valence-corrected chi connectivity index (χ1v) is 34.3. The largest absolute Gasteiger partial charge is 0.455 e. The maximum Gasteiger partial charge on any atom is 0.306 e. The Balaban J connectivity index is 1.02. The Morgan fingerprint density at radius 3 is 1.51 bits per heavy atom. The molecule has 0 aromatic heterocycles. The number of esters is 2. The SMILES string of the molecule is CC(=O)CCC(=O)O[C@H]1[C@H]2O[C@@H](c3ccccc3)OC[C@H]2O[C@@H](O[C@H]2[C@H](O[C@@H]3O[C@@H](C)[C@@H](OCc4ccccc4)[C@@H](OCc4ccccc4)[C@@H]3OCc3ccccc3)[C@@H](N3C(=O)c4ccccc4C3=O)[C@H](Sc3ccc(C)cc3)O[C@@H]2COCc2ccccc2)[C@@H]1OC(=O)CCC(C)=O. The van der Waals surface area contributed by atoms with Gasteiger partial charge >= 0.3 is 11.9 Å². The molecular formula is C78H81NO19S. The van der Waals surface area contributed by atoms with Gasteiger partial charge in [0.25, 0.3) is 11.8 Å². The molecule has 4 saturated heterocycles. The summed E-state index contributed by atoms with van der Waals surface area (Å²) in [4.78, 5) is 86.8. The zero-order valence-corrected chi connectivity index (χ0v) is 56.3. The summed E-state index contributed by atoms with van der Waals surface area (Å²) in [5, 5.41) is 0. The van der Waals surface area contributed by atoms with E-state index in [4.69, 9.17) is 61.6 Å². The number of aryl methyl sites for hydroxylation is 1. The lowest BCUT2D eigenvalue weighted by Crippen LogP contribution is -2.70. The van der Waals surface area contributed by atoms with E-state index >= 15 is 9.59 Å². The van der Waals surface area contributed by atoms with Crippen LogP contribution in [0.25, 0.3) is 0 Å². The molecule has 0 bridgehead atoms. The van der Waals surface area contributed by atoms with Crippen LogP contribution in [-0.2, 0) is 107 Å². The second-order valence-corrected chi connectivity index (χ2v) is 26.4. The molecule has 99 heavy (non-hydrogen) atoms. The highest BCUT2D eigenvalue weighted by atomic mass is 32.2. The van der Waals surface area contributed by atoms with E-state index in [9.17, 15) is 19.2 Å². The molecule has 2 amide bonds. The summed E-state index contributed by atoms with van der Waals surface area (Å²) >= 11 is 1.24. The number of Topliss-reactive ketones (excluding diaryl/α,β-unsaturated/α-hetero) is 2. The van der Waals surface area contributed by atoms with E-state index in [0.29, 0.717) is 10.5 Å². The fourth-order valence-electron chi connectivity index (χ4n) is 12.8. The van der Waals surface area contributed by atoms with Crippen molar-refractivity contribution in [1.29, 1.82) is 0 Å². The third-order valence-corrected chi connectivity index (χ3v) is 19.0. The van der Waals surface area contributed by atoms with Gasteiger partial charge in [-0.15, -0.1) is 0 Å². The Labute approximate surface area is 579 Å². The molecule has 0 aliphatic carbocycles. The van der Waals surface area contributed by atoms with Crippen LogP contribution in [0.3, 0.4) is 0 Å². The number of carbonyl (C=O) groups excluding carboxylic acids is 6. The molecule has 7 aromatic carbocycles. The molecule has 0 N–H and O–H groups in total. The smallest absolute Gasteiger partial charge is 0.306 e. The number of thioether (sulfide) groups is 1. The van der Waals surface area contributed by atoms with Crippen molar-refractivity contribution in [3.05, 3.63) is 245 Å². The maximum absolute atomic E-state index is 15.6. The summed E-state index contributed by atoms with van der Waals surface area (Å²) in [5.41, 5.74) is 4.03. The van der Waals surface area contributed by atoms with Crippen LogP contribution in [0.5, 0.6) is 0 Å². The number of carbonyl (C=O) groups is 6. The Morgan fingerprint density at radius 1 is 0.485 bits per heavy atom. The number of amides is 2. The third kappa shape index (κ3) is 17.9. The van der Waals surface area contributed by atoms with E-state index < -0.39 is 128 Å². The van der Waals surface area contributed by atoms with Gasteiger partial charge in [0, 0.05) is 23.3 Å². The number of imide groups is 1. The molecule has 5 aliphatic heterocycles. The van der Waals surface area contributed by atoms with Gasteiger partial charge in [-0.1, -0.05) is 193 Å². The molecule has 4 fully saturated rings. The fraction of sp³-hybridized carbons (Fsp3) is 0.385. The Hall–Kier alpha value is -8.13. The molecule has 0 unspecified atom stereocenters. The Kier molecular flexibility index (Phi) is 24.2. The minimum absolute atomic E-state index is 0.0219. The summed E-state index contributed by atoms with van der Waals surface area (Å²) in [7, 11) is 0. The lowest BCUT2D eigenvalue weighted by molar-refractivity contribution is -0.387. The molecule has 0 saturated carbocycles. The van der Waals surface area contributed by atoms with E-state index in [2.05, 4.69) is 0 Å². The maximum atomic E-state index is 15.6. The summed E-state index contributed by atoms with van der Waals surface area (Å²) in [6, 6.07) is 60.2. The molecule has 21 heteroatoms. The van der Waals surface area contributed by atoms with Crippen LogP contribution in [0, 0.1) is 6.92 Å². The van der Waals surface area contributed by atoms with Crippen molar-refractivity contribution in [2.24, 2.45) is 0 Å². The number of ketones is 2. The van der Waals surface area contributed by atoms with Gasteiger partial charge in [-0.05, 0) is 74.2 Å². The zero-order valence-electron chi connectivity index (χ0n) is 55.5. The summed E-state index contributed by atoms with van der Waals surface area (Å²) in [5.74, 6) is -3.61. The molecular weight excluding hydrogens is 1290 g/mol. The topological polar surface area (TPSA) is 226 Å². The minimum Gasteiger partial charge on any atom is -0.455 e. The van der Waals surface area contributed by atoms with Crippen molar-refractivity contribution in [1.82, 2.24) is 4.90 Å². The lowest BCUT2D eigenvalue weighted by atomic mass is 9.93. The quantitative estimate of drug-likeness (QED) is 0.0314. The molecule has 7 aromatic rings. The van der Waals surface area contributed by atoms with Gasteiger partial charge in [0.1, 0.15) is 71.9 Å². The van der Waals surface area contributed by atoms with Gasteiger partial charge in [-0.25, -0.2) is 0 Å². The molecule has 16 atom stereocenters. The van der Waals surface area contributed by atoms with Gasteiger partial charge in [0.05, 0.1) is 69.7 Å². The van der Waals surface area contributed by atoms with Crippen LogP contribution in [0.2, 0.25) is 0 Å². The first-order chi connectivity index (χ1) is 48.2. The van der Waals surface area contributed by atoms with Crippen molar-refractivity contribution in [2.45, 2.75) is 182 Å². The monoisotopic (exact) mass is 1370 g/mol. The molecule has 5 heterocycles. The highest BCUT2D eigenvalue weighted by Gasteiger charge is 2.61. The summed E-state index contributed by atoms with van der Waals surface area (Å²) in [6.45, 7) is 6.45. The van der Waals surface area contributed by atoms with Crippen molar-refractivity contribution < 1.29 is 90.3 Å². The summed E-state index contributed by atoms with van der Waals surface area (Å²) < 4.78 is 90.7. The number of hydrogen-bond acceptors (Lipinski definition) is 20. The van der Waals surface area contributed by atoms with E-state index in [-0.39, 0.29) is 81.6 Å². The predicted molar refractivity (Wildman–Crippen MR) is 360 cm³/mol. The molecule has 0 radical (unpaired) electrons. The second kappa shape index (κ2) is 33.8. The number of benzene rings is 7. The molecule has 5 aliphatic rings. The van der Waals surface area contributed by atoms with Gasteiger partial charge in [0.2, 0.25) is 0 Å². The van der Waals surface area contributed by atoms with Crippen LogP contribution >= 0.6 is 11.8 Å². The number of nitrogens with zero attached hydrogens (tertiary/aromatic N) is 1. The Morgan fingerprint density at radius 2 is 0.960 bits per heavy atom. The van der Waals surface area contributed by atoms with Crippen molar-refractivity contribution in [3.63, 3.8) is 0 Å². The Bertz CT molecular complexity index is 3780. The fourth-order valence-corrected chi connectivity index (χ4v) is 13.9. The van der Waals surface area contributed by atoms with Crippen LogP contribution in [-0.4, -0.2) is 145 Å².